The zero-order valence-corrected chi connectivity index (χ0v) is 17.0. The molecule has 1 fully saturated rings. The molecule has 2 rings (SSSR count). The third kappa shape index (κ3) is 4.97. The topological polar surface area (TPSA) is 35.5 Å². The molecule has 2 aliphatic rings. The summed E-state index contributed by atoms with van der Waals surface area (Å²) in [5.41, 5.74) is 2.27. The number of hydrogen-bond acceptors (Lipinski definition) is 3. The van der Waals surface area contributed by atoms with Crippen LogP contribution in [0.25, 0.3) is 0 Å². The van der Waals surface area contributed by atoms with Gasteiger partial charge in [-0.2, -0.15) is 0 Å². The number of allylic oxidation sites excluding steroid dienone is 3. The van der Waals surface area contributed by atoms with Gasteiger partial charge in [-0.1, -0.05) is 37.1 Å². The summed E-state index contributed by atoms with van der Waals surface area (Å²) in [6, 6.07) is 0. The molecular weight excluding hydrogens is 312 g/mol. The normalized spacial score (nSPS) is 38.6. The molecule has 2 aliphatic heterocycles. The molecule has 0 radical (unpaired) electrons. The van der Waals surface area contributed by atoms with Gasteiger partial charge in [0.25, 0.3) is 0 Å². The third-order valence-electron chi connectivity index (χ3n) is 6.15. The summed E-state index contributed by atoms with van der Waals surface area (Å²) in [7, 11) is 0. The van der Waals surface area contributed by atoms with Crippen molar-refractivity contribution < 1.29 is 14.3 Å². The Morgan fingerprint density at radius 2 is 1.88 bits per heavy atom. The lowest BCUT2D eigenvalue weighted by Crippen LogP contribution is -2.46. The van der Waals surface area contributed by atoms with E-state index in [0.29, 0.717) is 5.92 Å². The first-order valence-corrected chi connectivity index (χ1v) is 9.85. The molecular formula is C22H36O3. The summed E-state index contributed by atoms with van der Waals surface area (Å²) < 4.78 is 12.5. The zero-order chi connectivity index (χ0) is 18.7. The van der Waals surface area contributed by atoms with Crippen LogP contribution in [0.3, 0.4) is 0 Å². The van der Waals surface area contributed by atoms with Crippen molar-refractivity contribution in [2.24, 2.45) is 5.92 Å². The first-order valence-electron chi connectivity index (χ1n) is 9.85. The summed E-state index contributed by atoms with van der Waals surface area (Å²) in [5.74, 6) is 0.222. The molecule has 0 spiro atoms. The molecule has 0 saturated carbocycles. The lowest BCUT2D eigenvalue weighted by molar-refractivity contribution is -0.186. The Morgan fingerprint density at radius 1 is 1.20 bits per heavy atom. The van der Waals surface area contributed by atoms with Crippen molar-refractivity contribution in [1.82, 2.24) is 0 Å². The second-order valence-electron chi connectivity index (χ2n) is 8.61. The second kappa shape index (κ2) is 8.07. The maximum absolute atomic E-state index is 11.7. The maximum Gasteiger partial charge on any atom is 0.303 e. The lowest BCUT2D eigenvalue weighted by atomic mass is 9.82. The van der Waals surface area contributed by atoms with Gasteiger partial charge in [0.1, 0.15) is 11.7 Å². The van der Waals surface area contributed by atoms with Crippen molar-refractivity contribution in [2.45, 2.75) is 104 Å². The largest absolute Gasteiger partial charge is 0.459 e. The van der Waals surface area contributed by atoms with Crippen molar-refractivity contribution in [3.05, 3.63) is 23.3 Å². The van der Waals surface area contributed by atoms with Crippen molar-refractivity contribution in [1.29, 1.82) is 0 Å². The van der Waals surface area contributed by atoms with Crippen LogP contribution >= 0.6 is 0 Å². The molecule has 2 heterocycles. The van der Waals surface area contributed by atoms with Crippen LogP contribution in [0.4, 0.5) is 0 Å². The van der Waals surface area contributed by atoms with Crippen LogP contribution in [0, 0.1) is 5.92 Å². The van der Waals surface area contributed by atoms with E-state index in [9.17, 15) is 4.79 Å². The molecule has 0 amide bonds. The van der Waals surface area contributed by atoms with Crippen molar-refractivity contribution in [2.75, 3.05) is 0 Å². The van der Waals surface area contributed by atoms with E-state index in [-0.39, 0.29) is 17.7 Å². The highest BCUT2D eigenvalue weighted by atomic mass is 16.6. The number of carbonyl (C=O) groups is 1. The molecule has 0 unspecified atom stereocenters. The Labute approximate surface area is 153 Å². The van der Waals surface area contributed by atoms with Crippen molar-refractivity contribution in [3.8, 4) is 0 Å². The van der Waals surface area contributed by atoms with Crippen LogP contribution in [0.1, 0.15) is 86.5 Å². The molecule has 0 aromatic rings. The first kappa shape index (κ1) is 20.2. The molecule has 2 bridgehead atoms. The lowest BCUT2D eigenvalue weighted by Gasteiger charge is -2.39. The molecule has 3 heteroatoms. The second-order valence-corrected chi connectivity index (χ2v) is 8.61. The number of esters is 1. The van der Waals surface area contributed by atoms with Crippen LogP contribution in [0.5, 0.6) is 0 Å². The zero-order valence-electron chi connectivity index (χ0n) is 17.0. The fourth-order valence-electron chi connectivity index (χ4n) is 4.18. The fourth-order valence-corrected chi connectivity index (χ4v) is 4.18. The summed E-state index contributed by atoms with van der Waals surface area (Å²) in [5, 5.41) is 0. The molecule has 3 nitrogen and oxygen atoms in total. The van der Waals surface area contributed by atoms with Crippen LogP contribution in [0.15, 0.2) is 23.3 Å². The van der Waals surface area contributed by atoms with Gasteiger partial charge in [0.05, 0.1) is 5.60 Å². The van der Waals surface area contributed by atoms with Crippen molar-refractivity contribution >= 4 is 5.97 Å². The number of fused-ring (bicyclic) bond motifs is 2. The van der Waals surface area contributed by atoms with Crippen molar-refractivity contribution in [3.63, 3.8) is 0 Å². The van der Waals surface area contributed by atoms with E-state index in [1.807, 2.05) is 0 Å². The van der Waals surface area contributed by atoms with Crippen LogP contribution in [-0.4, -0.2) is 23.3 Å². The highest BCUT2D eigenvalue weighted by Gasteiger charge is 2.52. The molecule has 0 aromatic heterocycles. The Balaban J connectivity index is 2.35. The van der Waals surface area contributed by atoms with E-state index in [1.54, 1.807) is 0 Å². The van der Waals surface area contributed by atoms with Crippen LogP contribution < -0.4 is 0 Å². The van der Waals surface area contributed by atoms with E-state index >= 15 is 0 Å². The Bertz CT molecular complexity index is 545. The van der Waals surface area contributed by atoms with Gasteiger partial charge in [0, 0.05) is 6.92 Å². The predicted molar refractivity (Wildman–Crippen MR) is 102 cm³/mol. The fraction of sp³-hybridized carbons (Fsp3) is 0.773. The Morgan fingerprint density at radius 3 is 2.52 bits per heavy atom. The molecule has 0 aromatic carbocycles. The van der Waals surface area contributed by atoms with Crippen LogP contribution in [0.2, 0.25) is 0 Å². The van der Waals surface area contributed by atoms with Gasteiger partial charge >= 0.3 is 5.97 Å². The van der Waals surface area contributed by atoms with Gasteiger partial charge in [-0.15, -0.1) is 0 Å². The maximum atomic E-state index is 11.7. The standard InChI is InChI=1S/C22H36O3/c1-16(2)22-13-12-18(4)9-7-8-17(3)10-11-20(24-19(5)23)21(6,25-22)14-15-22/h8,12,16,20H,7,9-11,13-15H2,1-6H3/b17-8-,18-12+/t20-,21+,22-/m0/s1. The minimum absolute atomic E-state index is 0.148. The van der Waals surface area contributed by atoms with E-state index in [0.717, 1.165) is 44.9 Å². The van der Waals surface area contributed by atoms with E-state index in [2.05, 4.69) is 46.8 Å². The minimum Gasteiger partial charge on any atom is -0.459 e. The number of rotatable bonds is 2. The summed E-state index contributed by atoms with van der Waals surface area (Å²) in [6.07, 6.45) is 11.4. The smallest absolute Gasteiger partial charge is 0.303 e. The monoisotopic (exact) mass is 348 g/mol. The minimum atomic E-state index is -0.397. The molecule has 142 valence electrons. The Hall–Kier alpha value is -1.09. The van der Waals surface area contributed by atoms with E-state index < -0.39 is 5.60 Å². The highest BCUT2D eigenvalue weighted by Crippen LogP contribution is 2.48. The molecule has 0 aliphatic carbocycles. The predicted octanol–water partition coefficient (Wildman–Crippen LogP) is 5.74. The van der Waals surface area contributed by atoms with Gasteiger partial charge in [-0.25, -0.2) is 0 Å². The van der Waals surface area contributed by atoms with Gasteiger partial charge in [0.2, 0.25) is 0 Å². The number of carbonyl (C=O) groups excluding carboxylic acids is 1. The van der Waals surface area contributed by atoms with Crippen LogP contribution in [-0.2, 0) is 14.3 Å². The average molecular weight is 349 g/mol. The van der Waals surface area contributed by atoms with E-state index in [4.69, 9.17) is 9.47 Å². The number of hydrogen-bond donors (Lipinski definition) is 0. The Kier molecular flexibility index (Phi) is 6.53. The summed E-state index contributed by atoms with van der Waals surface area (Å²) in [6.45, 7) is 12.6. The van der Waals surface area contributed by atoms with Gasteiger partial charge in [-0.05, 0) is 71.6 Å². The van der Waals surface area contributed by atoms with Gasteiger partial charge in [0.15, 0.2) is 0 Å². The summed E-state index contributed by atoms with van der Waals surface area (Å²) >= 11 is 0. The molecule has 1 saturated heterocycles. The molecule has 25 heavy (non-hydrogen) atoms. The highest BCUT2D eigenvalue weighted by molar-refractivity contribution is 5.66. The first-order chi connectivity index (χ1) is 11.7. The summed E-state index contributed by atoms with van der Waals surface area (Å²) in [4.78, 5) is 11.7. The average Bonchev–Trinajstić information content (AvgIpc) is 2.88. The third-order valence-corrected chi connectivity index (χ3v) is 6.15. The number of ether oxygens (including phenoxy) is 2. The SMILES string of the molecule is CC(=O)O[C@H]1CC/C(C)=C\CC/C(C)=C/C[C@@]2(C(C)C)CC[C@@]1(C)O2. The quantitative estimate of drug-likeness (QED) is 0.471. The molecule has 3 atom stereocenters. The molecule has 0 N–H and O–H groups in total. The van der Waals surface area contributed by atoms with Gasteiger partial charge < -0.3 is 9.47 Å². The van der Waals surface area contributed by atoms with E-state index in [1.165, 1.54) is 18.1 Å². The van der Waals surface area contributed by atoms with Gasteiger partial charge in [-0.3, -0.25) is 4.79 Å².